The van der Waals surface area contributed by atoms with E-state index in [1.807, 2.05) is 36.4 Å². The number of rotatable bonds is 14. The normalized spacial score (nSPS) is 13.4. The fourth-order valence-corrected chi connectivity index (χ4v) is 3.05. The smallest absolute Gasteiger partial charge is 0.303 e. The number of aliphatic hydroxyl groups is 1. The van der Waals surface area contributed by atoms with Gasteiger partial charge in [0, 0.05) is 16.8 Å². The quantitative estimate of drug-likeness (QED) is 0.321. The van der Waals surface area contributed by atoms with Gasteiger partial charge in [-0.2, -0.15) is 0 Å². The van der Waals surface area contributed by atoms with Crippen molar-refractivity contribution in [1.29, 1.82) is 0 Å². The first-order chi connectivity index (χ1) is 12.9. The third-order valence-electron chi connectivity index (χ3n) is 4.25. The Kier molecular flexibility index (Phi) is 11.7. The van der Waals surface area contributed by atoms with Gasteiger partial charge in [0.05, 0.1) is 6.10 Å². The number of Topliss-reactive ketones (excluding diaryl/α,β-unsaturated/α-hetero) is 1. The van der Waals surface area contributed by atoms with Crippen molar-refractivity contribution in [2.75, 3.05) is 6.61 Å². The Morgan fingerprint density at radius 2 is 2.00 bits per heavy atom. The first-order valence-electron chi connectivity index (χ1n) is 9.32. The Hall–Kier alpha value is -1.66. The molecule has 0 aliphatic heterocycles. The molecule has 0 saturated carbocycles. The average molecular weight is 441 g/mol. The molecule has 0 fully saturated rings. The highest BCUT2D eigenvalue weighted by molar-refractivity contribution is 9.10. The number of ether oxygens (including phenoxy) is 1. The van der Waals surface area contributed by atoms with Gasteiger partial charge in [-0.3, -0.25) is 9.59 Å². The van der Waals surface area contributed by atoms with E-state index in [1.165, 1.54) is 0 Å². The SMILES string of the molecule is CC(=O)C(CC=CCCCC(=O)O)CCCC(O)COc1cccc(Br)c1. The Balaban J connectivity index is 2.24. The molecule has 0 radical (unpaired) electrons. The van der Waals surface area contributed by atoms with Crippen LogP contribution in [0.1, 0.15) is 51.9 Å². The minimum Gasteiger partial charge on any atom is -0.491 e. The van der Waals surface area contributed by atoms with Gasteiger partial charge in [0.15, 0.2) is 0 Å². The second kappa shape index (κ2) is 13.5. The van der Waals surface area contributed by atoms with Crippen LogP contribution in [0.3, 0.4) is 0 Å². The van der Waals surface area contributed by atoms with Crippen molar-refractivity contribution in [3.63, 3.8) is 0 Å². The van der Waals surface area contributed by atoms with Crippen molar-refractivity contribution in [1.82, 2.24) is 0 Å². The van der Waals surface area contributed by atoms with Gasteiger partial charge >= 0.3 is 5.97 Å². The number of aliphatic carboxylic acids is 1. The van der Waals surface area contributed by atoms with Crippen LogP contribution in [0.5, 0.6) is 5.75 Å². The van der Waals surface area contributed by atoms with Crippen molar-refractivity contribution in [3.05, 3.63) is 40.9 Å². The molecule has 1 aromatic carbocycles. The highest BCUT2D eigenvalue weighted by atomic mass is 79.9. The Morgan fingerprint density at radius 1 is 1.22 bits per heavy atom. The lowest BCUT2D eigenvalue weighted by Gasteiger charge is -2.15. The van der Waals surface area contributed by atoms with Crippen LogP contribution in [0, 0.1) is 5.92 Å². The first kappa shape index (κ1) is 23.4. The van der Waals surface area contributed by atoms with Gasteiger partial charge in [-0.25, -0.2) is 0 Å². The van der Waals surface area contributed by atoms with Crippen LogP contribution < -0.4 is 4.74 Å². The van der Waals surface area contributed by atoms with Crippen molar-refractivity contribution in [2.24, 2.45) is 5.92 Å². The maximum atomic E-state index is 11.8. The number of aliphatic hydroxyl groups excluding tert-OH is 1. The number of halogens is 1. The monoisotopic (exact) mass is 440 g/mol. The molecule has 5 nitrogen and oxygen atoms in total. The van der Waals surface area contributed by atoms with Gasteiger partial charge < -0.3 is 14.9 Å². The summed E-state index contributed by atoms with van der Waals surface area (Å²) in [4.78, 5) is 22.2. The van der Waals surface area contributed by atoms with Crippen molar-refractivity contribution in [3.8, 4) is 5.75 Å². The lowest BCUT2D eigenvalue weighted by atomic mass is 9.93. The minimum atomic E-state index is -0.785. The number of benzene rings is 1. The Bertz CT molecular complexity index is 614. The first-order valence-corrected chi connectivity index (χ1v) is 10.1. The van der Waals surface area contributed by atoms with Crippen LogP contribution in [-0.2, 0) is 9.59 Å². The number of hydrogen-bond acceptors (Lipinski definition) is 4. The molecule has 1 rings (SSSR count). The summed E-state index contributed by atoms with van der Waals surface area (Å²) in [5.74, 6) is 0.00880. The molecule has 0 aliphatic carbocycles. The zero-order chi connectivity index (χ0) is 20.1. The topological polar surface area (TPSA) is 83.8 Å². The highest BCUT2D eigenvalue weighted by Crippen LogP contribution is 2.19. The summed E-state index contributed by atoms with van der Waals surface area (Å²) in [5, 5.41) is 18.7. The Labute approximate surface area is 169 Å². The number of allylic oxidation sites excluding steroid dienone is 2. The summed E-state index contributed by atoms with van der Waals surface area (Å²) < 4.78 is 6.50. The maximum absolute atomic E-state index is 11.8. The lowest BCUT2D eigenvalue weighted by molar-refractivity contribution is -0.137. The van der Waals surface area contributed by atoms with E-state index in [-0.39, 0.29) is 24.7 Å². The molecule has 0 heterocycles. The van der Waals surface area contributed by atoms with E-state index in [4.69, 9.17) is 9.84 Å². The van der Waals surface area contributed by atoms with Crippen LogP contribution in [0.4, 0.5) is 0 Å². The summed E-state index contributed by atoms with van der Waals surface area (Å²) in [5.41, 5.74) is 0. The fraction of sp³-hybridized carbons (Fsp3) is 0.524. The number of hydrogen-bond donors (Lipinski definition) is 2. The molecule has 0 aromatic heterocycles. The third-order valence-corrected chi connectivity index (χ3v) is 4.75. The number of carbonyl (C=O) groups is 2. The van der Waals surface area contributed by atoms with Gasteiger partial charge in [0.1, 0.15) is 18.1 Å². The van der Waals surface area contributed by atoms with E-state index >= 15 is 0 Å². The van der Waals surface area contributed by atoms with E-state index in [0.717, 1.165) is 17.3 Å². The number of carboxylic acids is 1. The number of unbranched alkanes of at least 4 members (excludes halogenated alkanes) is 1. The molecule has 0 saturated heterocycles. The molecular formula is C21H29BrO5. The number of carboxylic acid groups (broad SMARTS) is 1. The van der Waals surface area contributed by atoms with E-state index in [2.05, 4.69) is 15.9 Å². The van der Waals surface area contributed by atoms with Crippen LogP contribution in [-0.4, -0.2) is 34.7 Å². The minimum absolute atomic E-state index is 0.0566. The van der Waals surface area contributed by atoms with E-state index in [1.54, 1.807) is 6.92 Å². The zero-order valence-corrected chi connectivity index (χ0v) is 17.4. The van der Waals surface area contributed by atoms with Gasteiger partial charge in [-0.1, -0.05) is 40.6 Å². The summed E-state index contributed by atoms with van der Waals surface area (Å²) in [6.07, 6.45) is 7.54. The van der Waals surface area contributed by atoms with Crippen molar-refractivity contribution < 1.29 is 24.5 Å². The zero-order valence-electron chi connectivity index (χ0n) is 15.8. The molecule has 150 valence electrons. The highest BCUT2D eigenvalue weighted by Gasteiger charge is 2.14. The Morgan fingerprint density at radius 3 is 2.67 bits per heavy atom. The summed E-state index contributed by atoms with van der Waals surface area (Å²) in [6, 6.07) is 7.47. The molecule has 2 N–H and O–H groups in total. The molecule has 0 bridgehead atoms. The molecule has 27 heavy (non-hydrogen) atoms. The molecule has 0 amide bonds. The van der Waals surface area contributed by atoms with Gasteiger partial charge in [-0.05, 0) is 57.2 Å². The van der Waals surface area contributed by atoms with Crippen molar-refractivity contribution >= 4 is 27.7 Å². The predicted octanol–water partition coefficient (Wildman–Crippen LogP) is 4.77. The van der Waals surface area contributed by atoms with Crippen LogP contribution in [0.25, 0.3) is 0 Å². The van der Waals surface area contributed by atoms with Gasteiger partial charge in [0.25, 0.3) is 0 Å². The standard InChI is InChI=1S/C21H29BrO5/c1-16(23)17(8-4-2-3-5-13-21(25)26)9-6-11-19(24)15-27-20-12-7-10-18(22)14-20/h2,4,7,10,12,14,17,19,24H,3,5-6,8-9,11,13,15H2,1H3,(H,25,26). The molecule has 6 heteroatoms. The van der Waals surface area contributed by atoms with Gasteiger partial charge in [-0.15, -0.1) is 0 Å². The van der Waals surface area contributed by atoms with E-state index in [0.29, 0.717) is 31.4 Å². The summed E-state index contributed by atoms with van der Waals surface area (Å²) in [7, 11) is 0. The third kappa shape index (κ3) is 11.6. The lowest BCUT2D eigenvalue weighted by Crippen LogP contribution is -2.18. The van der Waals surface area contributed by atoms with Crippen LogP contribution in [0.15, 0.2) is 40.9 Å². The van der Waals surface area contributed by atoms with E-state index < -0.39 is 12.1 Å². The maximum Gasteiger partial charge on any atom is 0.303 e. The van der Waals surface area contributed by atoms with Crippen molar-refractivity contribution in [2.45, 2.75) is 58.0 Å². The summed E-state index contributed by atoms with van der Waals surface area (Å²) in [6.45, 7) is 1.82. The molecule has 0 aliphatic rings. The predicted molar refractivity (Wildman–Crippen MR) is 109 cm³/mol. The second-order valence-electron chi connectivity index (χ2n) is 6.65. The molecule has 1 aromatic rings. The number of carbonyl (C=O) groups excluding carboxylic acids is 1. The second-order valence-corrected chi connectivity index (χ2v) is 7.57. The molecule has 0 spiro atoms. The molecular weight excluding hydrogens is 412 g/mol. The van der Waals surface area contributed by atoms with Crippen LogP contribution in [0.2, 0.25) is 0 Å². The van der Waals surface area contributed by atoms with Crippen LogP contribution >= 0.6 is 15.9 Å². The average Bonchev–Trinajstić information content (AvgIpc) is 2.60. The molecule has 2 unspecified atom stereocenters. The summed E-state index contributed by atoms with van der Waals surface area (Å²) >= 11 is 3.38. The van der Waals surface area contributed by atoms with Gasteiger partial charge in [0.2, 0.25) is 0 Å². The molecule has 2 atom stereocenters. The number of ketones is 1. The largest absolute Gasteiger partial charge is 0.491 e. The fourth-order valence-electron chi connectivity index (χ4n) is 2.67. The van der Waals surface area contributed by atoms with E-state index in [9.17, 15) is 14.7 Å².